The van der Waals surface area contributed by atoms with Crippen molar-refractivity contribution in [3.63, 3.8) is 0 Å². The molecule has 0 saturated carbocycles. The van der Waals surface area contributed by atoms with Crippen molar-refractivity contribution in [2.45, 2.75) is 4.90 Å². The first-order chi connectivity index (χ1) is 11.4. The molecular weight excluding hydrogens is 332 g/mol. The van der Waals surface area contributed by atoms with Gasteiger partial charge in [0.2, 0.25) is 10.0 Å². The lowest BCUT2D eigenvalue weighted by Crippen LogP contribution is -2.28. The van der Waals surface area contributed by atoms with E-state index in [0.29, 0.717) is 12.1 Å². The number of non-ortho nitro benzene ring substituents is 1. The monoisotopic (exact) mass is 346 g/mol. The molecule has 24 heavy (non-hydrogen) atoms. The van der Waals surface area contributed by atoms with Gasteiger partial charge in [-0.05, 0) is 36.4 Å². The maximum Gasteiger partial charge on any atom is 0.269 e. The fraction of sp³-hybridized carbons (Fsp3) is 0.133. The second-order valence-electron chi connectivity index (χ2n) is 4.76. The summed E-state index contributed by atoms with van der Waals surface area (Å²) in [6.45, 7) is 0.484. The van der Waals surface area contributed by atoms with E-state index in [2.05, 4.69) is 10.0 Å². The van der Waals surface area contributed by atoms with Gasteiger partial charge in [0, 0.05) is 30.9 Å². The molecule has 0 aliphatic rings. The van der Waals surface area contributed by atoms with Crippen molar-refractivity contribution < 1.29 is 13.3 Å². The molecule has 2 N–H and O–H groups in total. The molecule has 0 aliphatic heterocycles. The van der Waals surface area contributed by atoms with E-state index in [1.807, 2.05) is 6.07 Å². The third-order valence-corrected chi connectivity index (χ3v) is 4.59. The van der Waals surface area contributed by atoms with Gasteiger partial charge in [0.1, 0.15) is 0 Å². The first-order valence-corrected chi connectivity index (χ1v) is 8.39. The number of anilines is 1. The van der Waals surface area contributed by atoms with Crippen LogP contribution in [0.4, 0.5) is 11.4 Å². The molecule has 0 atom stereocenters. The standard InChI is InChI=1S/C15H14N4O4S/c16-11-12-1-3-13(4-2-12)17-9-10-18-24(22,23)15-7-5-14(6-8-15)19(20)21/h1-8,17-18H,9-10H2. The minimum absolute atomic E-state index is 0.0357. The number of nitro groups is 1. The minimum Gasteiger partial charge on any atom is -0.384 e. The van der Waals surface area contributed by atoms with Crippen LogP contribution in [-0.4, -0.2) is 26.4 Å². The zero-order valence-corrected chi connectivity index (χ0v) is 13.3. The van der Waals surface area contributed by atoms with Gasteiger partial charge < -0.3 is 5.32 Å². The molecular formula is C15H14N4O4S. The molecule has 2 aromatic rings. The Morgan fingerprint density at radius 2 is 1.67 bits per heavy atom. The van der Waals surface area contributed by atoms with Crippen LogP contribution >= 0.6 is 0 Å². The van der Waals surface area contributed by atoms with Crippen molar-refractivity contribution in [1.82, 2.24) is 4.72 Å². The lowest BCUT2D eigenvalue weighted by molar-refractivity contribution is -0.384. The first kappa shape index (κ1) is 17.4. The fourth-order valence-electron chi connectivity index (χ4n) is 1.89. The fourth-order valence-corrected chi connectivity index (χ4v) is 2.92. The summed E-state index contributed by atoms with van der Waals surface area (Å²) in [5.74, 6) is 0. The molecule has 0 unspecified atom stereocenters. The summed E-state index contributed by atoms with van der Waals surface area (Å²) in [6.07, 6.45) is 0. The van der Waals surface area contributed by atoms with Gasteiger partial charge >= 0.3 is 0 Å². The Kier molecular flexibility index (Phi) is 5.47. The van der Waals surface area contributed by atoms with Crippen LogP contribution in [-0.2, 0) is 10.0 Å². The predicted octanol–water partition coefficient (Wildman–Crippen LogP) is 1.86. The molecule has 124 valence electrons. The molecule has 0 spiro atoms. The van der Waals surface area contributed by atoms with E-state index in [1.54, 1.807) is 24.3 Å². The number of nitrogens with zero attached hydrogens (tertiary/aromatic N) is 2. The van der Waals surface area contributed by atoms with Crippen LogP contribution < -0.4 is 10.0 Å². The zero-order valence-electron chi connectivity index (χ0n) is 12.5. The molecule has 0 fully saturated rings. The van der Waals surface area contributed by atoms with Crippen LogP contribution in [0.2, 0.25) is 0 Å². The van der Waals surface area contributed by atoms with Crippen LogP contribution in [0, 0.1) is 21.4 Å². The van der Waals surface area contributed by atoms with Crippen molar-refractivity contribution >= 4 is 21.4 Å². The van der Waals surface area contributed by atoms with Crippen molar-refractivity contribution in [2.75, 3.05) is 18.4 Å². The van der Waals surface area contributed by atoms with E-state index in [9.17, 15) is 18.5 Å². The SMILES string of the molecule is N#Cc1ccc(NCCNS(=O)(=O)c2ccc([N+](=O)[O-])cc2)cc1. The lowest BCUT2D eigenvalue weighted by atomic mass is 10.2. The van der Waals surface area contributed by atoms with Gasteiger partial charge in [0.15, 0.2) is 0 Å². The number of hydrogen-bond acceptors (Lipinski definition) is 6. The molecule has 0 heterocycles. The van der Waals surface area contributed by atoms with Gasteiger partial charge in [-0.15, -0.1) is 0 Å². The average Bonchev–Trinajstić information content (AvgIpc) is 2.59. The Labute approximate surface area is 138 Å². The molecule has 0 bridgehead atoms. The van der Waals surface area contributed by atoms with E-state index in [4.69, 9.17) is 5.26 Å². The number of benzene rings is 2. The Morgan fingerprint density at radius 3 is 2.21 bits per heavy atom. The van der Waals surface area contributed by atoms with Gasteiger partial charge in [-0.1, -0.05) is 0 Å². The maximum atomic E-state index is 12.1. The van der Waals surface area contributed by atoms with Crippen LogP contribution in [0.25, 0.3) is 0 Å². The zero-order chi connectivity index (χ0) is 17.6. The van der Waals surface area contributed by atoms with Gasteiger partial charge in [0.05, 0.1) is 21.5 Å². The second-order valence-corrected chi connectivity index (χ2v) is 6.53. The molecule has 0 aliphatic carbocycles. The lowest BCUT2D eigenvalue weighted by Gasteiger charge is -2.09. The predicted molar refractivity (Wildman–Crippen MR) is 87.9 cm³/mol. The Balaban J connectivity index is 1.88. The number of sulfonamides is 1. The van der Waals surface area contributed by atoms with Crippen molar-refractivity contribution in [3.05, 3.63) is 64.2 Å². The van der Waals surface area contributed by atoms with E-state index in [0.717, 1.165) is 17.8 Å². The van der Waals surface area contributed by atoms with Gasteiger partial charge in [-0.2, -0.15) is 5.26 Å². The van der Waals surface area contributed by atoms with E-state index in [1.165, 1.54) is 12.1 Å². The minimum atomic E-state index is -3.72. The summed E-state index contributed by atoms with van der Waals surface area (Å²) in [7, 11) is -3.72. The molecule has 8 nitrogen and oxygen atoms in total. The summed E-state index contributed by atoms with van der Waals surface area (Å²) in [4.78, 5) is 9.93. The highest BCUT2D eigenvalue weighted by Gasteiger charge is 2.15. The summed E-state index contributed by atoms with van der Waals surface area (Å²) >= 11 is 0. The number of hydrogen-bond donors (Lipinski definition) is 2. The number of rotatable bonds is 7. The summed E-state index contributed by atoms with van der Waals surface area (Å²) in [5, 5.41) is 22.3. The number of nitriles is 1. The van der Waals surface area contributed by atoms with Crippen molar-refractivity contribution in [2.24, 2.45) is 0 Å². The van der Waals surface area contributed by atoms with Crippen LogP contribution in [0.3, 0.4) is 0 Å². The smallest absolute Gasteiger partial charge is 0.269 e. The first-order valence-electron chi connectivity index (χ1n) is 6.90. The molecule has 0 saturated heterocycles. The van der Waals surface area contributed by atoms with Crippen LogP contribution in [0.1, 0.15) is 5.56 Å². The third-order valence-electron chi connectivity index (χ3n) is 3.12. The largest absolute Gasteiger partial charge is 0.384 e. The molecule has 2 rings (SSSR count). The molecule has 2 aromatic carbocycles. The Hall–Kier alpha value is -2.96. The maximum absolute atomic E-state index is 12.1. The highest BCUT2D eigenvalue weighted by molar-refractivity contribution is 7.89. The van der Waals surface area contributed by atoms with Gasteiger partial charge in [0.25, 0.3) is 5.69 Å². The average molecular weight is 346 g/mol. The normalized spacial score (nSPS) is 10.8. The molecule has 0 radical (unpaired) electrons. The van der Waals surface area contributed by atoms with E-state index in [-0.39, 0.29) is 17.1 Å². The topological polar surface area (TPSA) is 125 Å². The van der Waals surface area contributed by atoms with E-state index >= 15 is 0 Å². The van der Waals surface area contributed by atoms with Gasteiger partial charge in [-0.3, -0.25) is 10.1 Å². The summed E-state index contributed by atoms with van der Waals surface area (Å²) < 4.78 is 26.5. The Bertz CT molecular complexity index is 856. The molecule has 0 amide bonds. The number of nitro benzene ring substituents is 1. The molecule has 9 heteroatoms. The quantitative estimate of drug-likeness (QED) is 0.448. The summed E-state index contributed by atoms with van der Waals surface area (Å²) in [6, 6.07) is 13.4. The van der Waals surface area contributed by atoms with Crippen LogP contribution in [0.15, 0.2) is 53.4 Å². The van der Waals surface area contributed by atoms with Crippen LogP contribution in [0.5, 0.6) is 0 Å². The second kappa shape index (κ2) is 7.54. The van der Waals surface area contributed by atoms with Gasteiger partial charge in [-0.25, -0.2) is 13.1 Å². The Morgan fingerprint density at radius 1 is 1.04 bits per heavy atom. The third kappa shape index (κ3) is 4.52. The summed E-state index contributed by atoms with van der Waals surface area (Å²) in [5.41, 5.74) is 1.14. The highest BCUT2D eigenvalue weighted by atomic mass is 32.2. The number of nitrogens with one attached hydrogen (secondary N) is 2. The van der Waals surface area contributed by atoms with Crippen molar-refractivity contribution in [1.29, 1.82) is 5.26 Å². The van der Waals surface area contributed by atoms with E-state index < -0.39 is 14.9 Å². The molecule has 0 aromatic heterocycles. The highest BCUT2D eigenvalue weighted by Crippen LogP contribution is 2.15. The van der Waals surface area contributed by atoms with Crippen molar-refractivity contribution in [3.8, 4) is 6.07 Å².